The number of carbonyl (C=O) groups is 3. The number of nitrogen functional groups attached to an aromatic ring is 1. The number of hydrogen-bond acceptors (Lipinski definition) is 11. The van der Waals surface area contributed by atoms with Gasteiger partial charge in [0.15, 0.2) is 5.82 Å². The van der Waals surface area contributed by atoms with Crippen LogP contribution in [0.15, 0.2) is 24.5 Å². The molecule has 2 aliphatic rings. The number of nitrogens with two attached hydrogens (primary N) is 1. The van der Waals surface area contributed by atoms with Crippen molar-refractivity contribution in [3.05, 3.63) is 40.0 Å². The molecular weight excluding hydrogens is 602 g/mol. The summed E-state index contributed by atoms with van der Waals surface area (Å²) in [5.74, 6) is -0.243. The minimum Gasteiger partial charge on any atom is -0.490 e. The first kappa shape index (κ1) is 30.8. The number of ether oxygens (including phenoxy) is 3. The summed E-state index contributed by atoms with van der Waals surface area (Å²) in [6.07, 6.45) is 0.826. The first-order valence-corrected chi connectivity index (χ1v) is 14.6. The Balaban J connectivity index is 1.32. The Morgan fingerprint density at radius 3 is 2.80 bits per heavy atom. The second-order valence-corrected chi connectivity index (χ2v) is 11.2. The summed E-state index contributed by atoms with van der Waals surface area (Å²) in [6.45, 7) is 1.83. The van der Waals surface area contributed by atoms with Crippen molar-refractivity contribution in [2.45, 2.75) is 25.3 Å². The SMILES string of the molecule is COC(=O)NCCOc1cc(C(F)F)sc1C(=O)N[C@@H]1CCCN(c2cc(C3=CCN(C(=O)OC)C3)n3ncnc(N)c23)C1. The quantitative estimate of drug-likeness (QED) is 0.298. The van der Waals surface area contributed by atoms with E-state index in [0.717, 1.165) is 29.4 Å². The predicted molar refractivity (Wildman–Crippen MR) is 157 cm³/mol. The van der Waals surface area contributed by atoms with Crippen molar-refractivity contribution < 1.29 is 37.4 Å². The van der Waals surface area contributed by atoms with Crippen LogP contribution in [-0.4, -0.2) is 97.2 Å². The fourth-order valence-electron chi connectivity index (χ4n) is 5.24. The van der Waals surface area contributed by atoms with E-state index in [4.69, 9.17) is 15.2 Å². The molecule has 236 valence electrons. The molecule has 3 aromatic heterocycles. The summed E-state index contributed by atoms with van der Waals surface area (Å²) in [4.78, 5) is 44.2. The lowest BCUT2D eigenvalue weighted by Crippen LogP contribution is -2.47. The van der Waals surface area contributed by atoms with Gasteiger partial charge in [-0.3, -0.25) is 4.79 Å². The fraction of sp³-hybridized carbons (Fsp3) is 0.444. The summed E-state index contributed by atoms with van der Waals surface area (Å²) >= 11 is 0.663. The van der Waals surface area contributed by atoms with Crippen LogP contribution < -0.4 is 26.0 Å². The number of aromatic nitrogens is 3. The average Bonchev–Trinajstić information content (AvgIpc) is 3.76. The number of nitrogens with one attached hydrogen (secondary N) is 2. The zero-order valence-electron chi connectivity index (χ0n) is 24.0. The minimum atomic E-state index is -2.78. The number of piperidine rings is 1. The van der Waals surface area contributed by atoms with Gasteiger partial charge >= 0.3 is 12.2 Å². The first-order valence-electron chi connectivity index (χ1n) is 13.8. The van der Waals surface area contributed by atoms with Crippen molar-refractivity contribution in [2.24, 2.45) is 0 Å². The Morgan fingerprint density at radius 1 is 1.23 bits per heavy atom. The summed E-state index contributed by atoms with van der Waals surface area (Å²) in [6, 6.07) is 2.78. The molecule has 2 aliphatic heterocycles. The number of thiophene rings is 1. The van der Waals surface area contributed by atoms with Gasteiger partial charge in [0, 0.05) is 31.7 Å². The molecule has 5 heterocycles. The maximum Gasteiger partial charge on any atom is 0.410 e. The van der Waals surface area contributed by atoms with Gasteiger partial charge in [-0.05, 0) is 24.5 Å². The standard InChI is InChI=1S/C27H32F2N8O6S/c1-41-26(39)31-6-9-43-19-11-20(23(28)29)44-22(19)25(38)34-16-4-3-7-35(13-16)18-10-17(37-21(18)24(30)32-14-33-37)15-5-8-36(12-15)27(40)42-2/h5,10-11,14,16,23H,3-4,6-9,12-13H2,1-2H3,(H,31,39)(H,34,38)(H2,30,32,33)/t16-/m1/s1. The van der Waals surface area contributed by atoms with Gasteiger partial charge in [0.2, 0.25) is 0 Å². The van der Waals surface area contributed by atoms with Crippen molar-refractivity contribution in [1.29, 1.82) is 0 Å². The van der Waals surface area contributed by atoms with E-state index in [1.807, 2.05) is 12.1 Å². The molecule has 1 fully saturated rings. The lowest BCUT2D eigenvalue weighted by Gasteiger charge is -2.34. The Labute approximate surface area is 254 Å². The van der Waals surface area contributed by atoms with Crippen LogP contribution in [-0.2, 0) is 9.47 Å². The largest absolute Gasteiger partial charge is 0.490 e. The molecule has 5 rings (SSSR count). The predicted octanol–water partition coefficient (Wildman–Crippen LogP) is 2.91. The van der Waals surface area contributed by atoms with Crippen molar-refractivity contribution in [1.82, 2.24) is 30.1 Å². The minimum absolute atomic E-state index is 0.0148. The number of rotatable bonds is 9. The Kier molecular flexibility index (Phi) is 9.32. The smallest absolute Gasteiger partial charge is 0.410 e. The second kappa shape index (κ2) is 13.3. The lowest BCUT2D eigenvalue weighted by molar-refractivity contribution is 0.0933. The van der Waals surface area contributed by atoms with E-state index in [0.29, 0.717) is 49.5 Å². The highest BCUT2D eigenvalue weighted by Gasteiger charge is 2.30. The number of hydrogen-bond donors (Lipinski definition) is 3. The molecule has 1 atom stereocenters. The molecule has 0 bridgehead atoms. The molecule has 0 aromatic carbocycles. The normalized spacial score (nSPS) is 16.7. The van der Waals surface area contributed by atoms with Crippen LogP contribution in [0, 0.1) is 0 Å². The number of methoxy groups -OCH3 is 2. The number of alkyl halides is 2. The third kappa shape index (κ3) is 6.46. The van der Waals surface area contributed by atoms with Gasteiger partial charge in [0.25, 0.3) is 12.3 Å². The average molecular weight is 635 g/mol. The molecule has 0 unspecified atom stereocenters. The molecule has 44 heavy (non-hydrogen) atoms. The third-order valence-corrected chi connectivity index (χ3v) is 8.42. The molecule has 17 heteroatoms. The summed E-state index contributed by atoms with van der Waals surface area (Å²) in [7, 11) is 2.55. The van der Waals surface area contributed by atoms with Crippen LogP contribution in [0.3, 0.4) is 0 Å². The number of carbonyl (C=O) groups excluding carboxylic acids is 3. The van der Waals surface area contributed by atoms with Crippen LogP contribution >= 0.6 is 11.3 Å². The van der Waals surface area contributed by atoms with Crippen molar-refractivity contribution in [3.63, 3.8) is 0 Å². The van der Waals surface area contributed by atoms with Crippen molar-refractivity contribution >= 4 is 52.0 Å². The number of anilines is 2. The molecular formula is C27H32F2N8O6S. The van der Waals surface area contributed by atoms with Gasteiger partial charge in [0.1, 0.15) is 29.1 Å². The molecule has 3 aromatic rings. The summed E-state index contributed by atoms with van der Waals surface area (Å²) in [5, 5.41) is 9.82. The van der Waals surface area contributed by atoms with Crippen molar-refractivity contribution in [2.75, 3.05) is 64.2 Å². The van der Waals surface area contributed by atoms with E-state index < -0.39 is 24.5 Å². The van der Waals surface area contributed by atoms with E-state index in [1.54, 1.807) is 9.42 Å². The highest BCUT2D eigenvalue weighted by Crippen LogP contribution is 2.37. The zero-order valence-corrected chi connectivity index (χ0v) is 24.9. The third-order valence-electron chi connectivity index (χ3n) is 7.29. The number of fused-ring (bicyclic) bond motifs is 1. The Morgan fingerprint density at radius 2 is 2.05 bits per heavy atom. The van der Waals surface area contributed by atoms with E-state index in [-0.39, 0.29) is 40.5 Å². The van der Waals surface area contributed by atoms with Crippen LogP contribution in [0.5, 0.6) is 5.75 Å². The molecule has 1 saturated heterocycles. The van der Waals surface area contributed by atoms with Gasteiger partial charge in [0.05, 0.1) is 43.6 Å². The van der Waals surface area contributed by atoms with Gasteiger partial charge in [-0.15, -0.1) is 11.3 Å². The van der Waals surface area contributed by atoms with Crippen LogP contribution in [0.2, 0.25) is 0 Å². The van der Waals surface area contributed by atoms with E-state index in [1.165, 1.54) is 20.5 Å². The molecule has 0 saturated carbocycles. The van der Waals surface area contributed by atoms with Crippen LogP contribution in [0.25, 0.3) is 11.1 Å². The van der Waals surface area contributed by atoms with Crippen molar-refractivity contribution in [3.8, 4) is 5.75 Å². The van der Waals surface area contributed by atoms with E-state index in [2.05, 4.69) is 30.4 Å². The first-order chi connectivity index (χ1) is 21.2. The highest BCUT2D eigenvalue weighted by molar-refractivity contribution is 7.14. The second-order valence-electron chi connectivity index (χ2n) is 10.1. The number of amides is 3. The summed E-state index contributed by atoms with van der Waals surface area (Å²) in [5.41, 5.74) is 9.30. The number of nitrogens with zero attached hydrogens (tertiary/aromatic N) is 5. The molecule has 3 amide bonds. The highest BCUT2D eigenvalue weighted by atomic mass is 32.1. The molecule has 0 spiro atoms. The van der Waals surface area contributed by atoms with E-state index in [9.17, 15) is 23.2 Å². The zero-order chi connectivity index (χ0) is 31.4. The topological polar surface area (TPSA) is 166 Å². The Hall–Kier alpha value is -4.67. The molecule has 4 N–H and O–H groups in total. The van der Waals surface area contributed by atoms with Crippen LogP contribution in [0.1, 0.15) is 39.5 Å². The molecule has 14 nitrogen and oxygen atoms in total. The fourth-order valence-corrected chi connectivity index (χ4v) is 6.10. The number of alkyl carbamates (subject to hydrolysis) is 1. The van der Waals surface area contributed by atoms with Gasteiger partial charge in [-0.2, -0.15) is 5.10 Å². The van der Waals surface area contributed by atoms with E-state index >= 15 is 0 Å². The number of halogens is 2. The van der Waals surface area contributed by atoms with Gasteiger partial charge < -0.3 is 40.4 Å². The molecule has 0 aliphatic carbocycles. The van der Waals surface area contributed by atoms with Gasteiger partial charge in [-0.25, -0.2) is 27.9 Å². The molecule has 0 radical (unpaired) electrons. The van der Waals surface area contributed by atoms with Gasteiger partial charge in [-0.1, -0.05) is 6.08 Å². The Bertz CT molecular complexity index is 1580. The van der Waals surface area contributed by atoms with Crippen LogP contribution in [0.4, 0.5) is 29.9 Å². The summed E-state index contributed by atoms with van der Waals surface area (Å²) < 4.78 is 43.6. The maximum atomic E-state index is 13.5. The lowest BCUT2D eigenvalue weighted by atomic mass is 10.0. The maximum absolute atomic E-state index is 13.5. The monoisotopic (exact) mass is 634 g/mol.